The molecule has 0 aromatic heterocycles. The van der Waals surface area contributed by atoms with Gasteiger partial charge in [-0.2, -0.15) is 0 Å². The minimum absolute atomic E-state index is 0.129. The lowest BCUT2D eigenvalue weighted by Gasteiger charge is -2.08. The molecular weight excluding hydrogens is 250 g/mol. The highest BCUT2D eigenvalue weighted by Gasteiger charge is 2.27. The van der Waals surface area contributed by atoms with Crippen LogP contribution in [0.4, 0.5) is 14.5 Å². The maximum absolute atomic E-state index is 13.4. The molecule has 0 bridgehead atoms. The Balaban J connectivity index is 2.30. The largest absolute Gasteiger partial charge is 0.399 e. The first-order chi connectivity index (χ1) is 7.90. The second-order valence-corrected chi connectivity index (χ2v) is 5.85. The maximum Gasteiger partial charge on any atom is 0.243 e. The molecule has 1 aliphatic carbocycles. The lowest BCUT2D eigenvalue weighted by atomic mass is 10.3. The molecule has 17 heavy (non-hydrogen) atoms. The smallest absolute Gasteiger partial charge is 0.243 e. The molecule has 0 amide bonds. The Bertz CT molecular complexity index is 541. The van der Waals surface area contributed by atoms with Crippen molar-refractivity contribution in [1.82, 2.24) is 4.72 Å². The molecule has 0 radical (unpaired) electrons. The van der Waals surface area contributed by atoms with E-state index in [0.29, 0.717) is 5.92 Å². The number of hydrogen-bond donors (Lipinski definition) is 2. The van der Waals surface area contributed by atoms with Gasteiger partial charge in [0.05, 0.1) is 0 Å². The van der Waals surface area contributed by atoms with Crippen molar-refractivity contribution in [3.8, 4) is 0 Å². The van der Waals surface area contributed by atoms with Crippen LogP contribution in [0.2, 0.25) is 0 Å². The van der Waals surface area contributed by atoms with Crippen LogP contribution in [0.25, 0.3) is 0 Å². The van der Waals surface area contributed by atoms with Gasteiger partial charge < -0.3 is 5.73 Å². The summed E-state index contributed by atoms with van der Waals surface area (Å²) >= 11 is 0. The number of benzene rings is 1. The Morgan fingerprint density at radius 1 is 1.35 bits per heavy atom. The molecule has 2 rings (SSSR count). The van der Waals surface area contributed by atoms with E-state index in [1.54, 1.807) is 0 Å². The van der Waals surface area contributed by atoms with Crippen LogP contribution in [0.1, 0.15) is 12.8 Å². The Morgan fingerprint density at radius 2 is 2.00 bits per heavy atom. The van der Waals surface area contributed by atoms with Crippen molar-refractivity contribution >= 4 is 15.7 Å². The van der Waals surface area contributed by atoms with E-state index in [9.17, 15) is 17.2 Å². The van der Waals surface area contributed by atoms with Gasteiger partial charge in [0, 0.05) is 12.2 Å². The van der Waals surface area contributed by atoms with Crippen LogP contribution in [0.3, 0.4) is 0 Å². The highest BCUT2D eigenvalue weighted by Crippen LogP contribution is 2.28. The number of rotatable bonds is 4. The van der Waals surface area contributed by atoms with E-state index in [4.69, 9.17) is 5.73 Å². The van der Waals surface area contributed by atoms with E-state index in [0.717, 1.165) is 25.0 Å². The van der Waals surface area contributed by atoms with Crippen LogP contribution in [0.5, 0.6) is 0 Å². The summed E-state index contributed by atoms with van der Waals surface area (Å²) in [6, 6.07) is 1.66. The van der Waals surface area contributed by atoms with Gasteiger partial charge in [-0.05, 0) is 30.9 Å². The topological polar surface area (TPSA) is 72.2 Å². The van der Waals surface area contributed by atoms with Crippen LogP contribution in [0.15, 0.2) is 17.0 Å². The molecule has 7 heteroatoms. The van der Waals surface area contributed by atoms with Crippen LogP contribution in [0, 0.1) is 17.6 Å². The highest BCUT2D eigenvalue weighted by atomic mass is 32.2. The highest BCUT2D eigenvalue weighted by molar-refractivity contribution is 7.89. The van der Waals surface area contributed by atoms with Gasteiger partial charge in [0.15, 0.2) is 11.6 Å². The average molecular weight is 262 g/mol. The fraction of sp³-hybridized carbons (Fsp3) is 0.400. The van der Waals surface area contributed by atoms with Crippen LogP contribution >= 0.6 is 0 Å². The fourth-order valence-electron chi connectivity index (χ4n) is 1.41. The summed E-state index contributed by atoms with van der Waals surface area (Å²) in [5, 5.41) is 0. The SMILES string of the molecule is Nc1cc(F)c(F)c(S(=O)(=O)NCC2CC2)c1. The van der Waals surface area contributed by atoms with Crippen molar-refractivity contribution < 1.29 is 17.2 Å². The van der Waals surface area contributed by atoms with Crippen molar-refractivity contribution in [2.75, 3.05) is 12.3 Å². The first kappa shape index (κ1) is 12.3. The molecule has 0 aliphatic heterocycles. The van der Waals surface area contributed by atoms with Crippen molar-refractivity contribution in [3.63, 3.8) is 0 Å². The Kier molecular flexibility index (Phi) is 3.05. The number of nitrogens with one attached hydrogen (secondary N) is 1. The monoisotopic (exact) mass is 262 g/mol. The van der Waals surface area contributed by atoms with E-state index < -0.39 is 26.6 Å². The number of anilines is 1. The quantitative estimate of drug-likeness (QED) is 0.802. The third kappa shape index (κ3) is 2.73. The lowest BCUT2D eigenvalue weighted by Crippen LogP contribution is -2.27. The maximum atomic E-state index is 13.4. The molecule has 0 heterocycles. The van der Waals surface area contributed by atoms with Crippen LogP contribution in [-0.2, 0) is 10.0 Å². The third-order valence-electron chi connectivity index (χ3n) is 2.57. The van der Waals surface area contributed by atoms with E-state index in [1.807, 2.05) is 0 Å². The van der Waals surface area contributed by atoms with Gasteiger partial charge in [0.25, 0.3) is 0 Å². The van der Waals surface area contributed by atoms with Crippen LogP contribution in [-0.4, -0.2) is 15.0 Å². The van der Waals surface area contributed by atoms with Gasteiger partial charge in [0.2, 0.25) is 10.0 Å². The summed E-state index contributed by atoms with van der Waals surface area (Å²) in [6.07, 6.45) is 1.91. The Morgan fingerprint density at radius 3 is 2.59 bits per heavy atom. The second-order valence-electron chi connectivity index (χ2n) is 4.11. The zero-order valence-corrected chi connectivity index (χ0v) is 9.73. The number of hydrogen-bond acceptors (Lipinski definition) is 3. The second kappa shape index (κ2) is 4.23. The summed E-state index contributed by atoms with van der Waals surface area (Å²) in [4.78, 5) is -0.740. The average Bonchev–Trinajstić information content (AvgIpc) is 3.04. The summed E-state index contributed by atoms with van der Waals surface area (Å²) in [5.74, 6) is -2.36. The van der Waals surface area contributed by atoms with E-state index in [1.165, 1.54) is 0 Å². The number of halogens is 2. The summed E-state index contributed by atoms with van der Waals surface area (Å²) in [5.41, 5.74) is 5.17. The molecule has 0 spiro atoms. The predicted molar refractivity (Wildman–Crippen MR) is 58.7 cm³/mol. The molecule has 1 saturated carbocycles. The third-order valence-corrected chi connectivity index (χ3v) is 3.99. The fourth-order valence-corrected chi connectivity index (χ4v) is 2.64. The molecule has 0 unspecified atom stereocenters. The Hall–Kier alpha value is -1.21. The van der Waals surface area contributed by atoms with Gasteiger partial charge in [-0.25, -0.2) is 21.9 Å². The van der Waals surface area contributed by atoms with Gasteiger partial charge in [-0.3, -0.25) is 0 Å². The lowest BCUT2D eigenvalue weighted by molar-refractivity contribution is 0.483. The van der Waals surface area contributed by atoms with E-state index >= 15 is 0 Å². The van der Waals surface area contributed by atoms with Crippen LogP contribution < -0.4 is 10.5 Å². The van der Waals surface area contributed by atoms with E-state index in [-0.39, 0.29) is 12.2 Å². The first-order valence-electron chi connectivity index (χ1n) is 5.14. The van der Waals surface area contributed by atoms with Crippen molar-refractivity contribution in [2.45, 2.75) is 17.7 Å². The summed E-state index contributed by atoms with van der Waals surface area (Å²) in [7, 11) is -4.04. The number of nitrogen functional groups attached to an aromatic ring is 1. The van der Waals surface area contributed by atoms with Crippen molar-refractivity contribution in [2.24, 2.45) is 5.92 Å². The van der Waals surface area contributed by atoms with Gasteiger partial charge >= 0.3 is 0 Å². The molecule has 1 aromatic carbocycles. The minimum Gasteiger partial charge on any atom is -0.399 e. The zero-order chi connectivity index (χ0) is 12.6. The van der Waals surface area contributed by atoms with Gasteiger partial charge in [0.1, 0.15) is 4.90 Å². The summed E-state index contributed by atoms with van der Waals surface area (Å²) in [6.45, 7) is 0.248. The standard InChI is InChI=1S/C10H12F2N2O2S/c11-8-3-7(13)4-9(10(8)12)17(15,16)14-5-6-1-2-6/h3-4,6,14H,1-2,5,13H2. The molecular formula is C10H12F2N2O2S. The normalized spacial score (nSPS) is 16.1. The molecule has 3 N–H and O–H groups in total. The Labute approximate surface area is 97.9 Å². The molecule has 4 nitrogen and oxygen atoms in total. The number of sulfonamides is 1. The molecule has 94 valence electrons. The first-order valence-corrected chi connectivity index (χ1v) is 6.62. The van der Waals surface area contributed by atoms with Crippen molar-refractivity contribution in [1.29, 1.82) is 0 Å². The van der Waals surface area contributed by atoms with Gasteiger partial charge in [-0.1, -0.05) is 0 Å². The number of nitrogens with two attached hydrogens (primary N) is 1. The predicted octanol–water partition coefficient (Wildman–Crippen LogP) is 1.24. The van der Waals surface area contributed by atoms with Gasteiger partial charge in [-0.15, -0.1) is 0 Å². The molecule has 0 atom stereocenters. The molecule has 1 aromatic rings. The molecule has 0 saturated heterocycles. The summed E-state index contributed by atoms with van der Waals surface area (Å²) < 4.78 is 52.1. The molecule has 1 aliphatic rings. The zero-order valence-electron chi connectivity index (χ0n) is 8.91. The minimum atomic E-state index is -4.04. The van der Waals surface area contributed by atoms with E-state index in [2.05, 4.69) is 4.72 Å². The van der Waals surface area contributed by atoms with Crippen molar-refractivity contribution in [3.05, 3.63) is 23.8 Å². The molecule has 1 fully saturated rings.